The summed E-state index contributed by atoms with van der Waals surface area (Å²) < 4.78 is 0.213. The van der Waals surface area contributed by atoms with Gasteiger partial charge in [0.2, 0.25) is 0 Å². The Hall–Kier alpha value is 0.501. The Labute approximate surface area is 193 Å². The smallest absolute Gasteiger partial charge is 1.00 e. The molecule has 0 spiro atoms. The summed E-state index contributed by atoms with van der Waals surface area (Å²) in [7, 11) is -0.234. The predicted molar refractivity (Wildman–Crippen MR) is 102 cm³/mol. The third-order valence-electron chi connectivity index (χ3n) is 5.75. The maximum atomic E-state index is 2.51. The van der Waals surface area contributed by atoms with Crippen LogP contribution in [0.5, 0.6) is 0 Å². The summed E-state index contributed by atoms with van der Waals surface area (Å²) in [6.45, 7) is 18.7. The van der Waals surface area contributed by atoms with Crippen LogP contribution in [-0.2, 0) is 20.4 Å². The summed E-state index contributed by atoms with van der Waals surface area (Å²) >= 11 is 2.51. The Morgan fingerprint density at radius 2 is 1.15 bits per heavy atom. The van der Waals surface area contributed by atoms with Gasteiger partial charge in [0, 0.05) is 0 Å². The molecule has 1 unspecified atom stereocenters. The molecule has 0 nitrogen and oxygen atoms in total. The second-order valence-corrected chi connectivity index (χ2v) is 12.1. The molecule has 5 heteroatoms. The van der Waals surface area contributed by atoms with E-state index in [0.29, 0.717) is 5.54 Å². The quantitative estimate of drug-likeness (QED) is 0.410. The van der Waals surface area contributed by atoms with Crippen molar-refractivity contribution in [1.29, 1.82) is 0 Å². The molecule has 1 aliphatic carbocycles. The SMILES string of the molecule is CC1=C(C)[C]([Ti+3])(C([SiH2]C(C)C)c2cc(C)cc(C)c2)C(C)=C1C.[Cl-].[Cl-].[Cl-]. The average Bonchev–Trinajstić information content (AvgIpc) is 2.60. The zero-order valence-electron chi connectivity index (χ0n) is 17.2. The van der Waals surface area contributed by atoms with Crippen molar-refractivity contribution in [1.82, 2.24) is 0 Å². The average molecular weight is 466 g/mol. The van der Waals surface area contributed by atoms with Crippen molar-refractivity contribution in [2.45, 2.75) is 70.2 Å². The summed E-state index contributed by atoms with van der Waals surface area (Å²) in [5.41, 5.74) is 12.2. The van der Waals surface area contributed by atoms with Crippen LogP contribution in [0.25, 0.3) is 0 Å². The van der Waals surface area contributed by atoms with Gasteiger partial charge in [0.1, 0.15) is 0 Å². The first kappa shape index (κ1) is 28.7. The standard InChI is InChI=1S/C21H31Si.3ClH.Ti/c1-12(2)22-21(19-10-13(3)9-14(4)11-19)20-17(7)15(5)16(6)18(20)8;;;;/h9-12,21H,22H2,1-8H3;3*1H;/q;;;;+3/p-3. The Bertz CT molecular complexity index is 648. The summed E-state index contributed by atoms with van der Waals surface area (Å²) in [6.07, 6.45) is 0. The summed E-state index contributed by atoms with van der Waals surface area (Å²) in [6, 6.07) is 7.19. The van der Waals surface area contributed by atoms with Gasteiger partial charge >= 0.3 is 157 Å². The van der Waals surface area contributed by atoms with Gasteiger partial charge < -0.3 is 37.2 Å². The number of benzene rings is 1. The molecular formula is C21H31Cl3SiTi. The predicted octanol–water partition coefficient (Wildman–Crippen LogP) is -3.25. The van der Waals surface area contributed by atoms with Crippen LogP contribution in [0.3, 0.4) is 0 Å². The van der Waals surface area contributed by atoms with Gasteiger partial charge in [0.05, 0.1) is 0 Å². The van der Waals surface area contributed by atoms with Gasteiger partial charge in [0.25, 0.3) is 0 Å². The van der Waals surface area contributed by atoms with Gasteiger partial charge in [-0.3, -0.25) is 0 Å². The number of hydrogen-bond acceptors (Lipinski definition) is 0. The molecule has 1 aliphatic rings. The summed E-state index contributed by atoms with van der Waals surface area (Å²) in [5, 5.41) is 0. The van der Waals surface area contributed by atoms with E-state index in [9.17, 15) is 0 Å². The van der Waals surface area contributed by atoms with Gasteiger partial charge in [-0.15, -0.1) is 0 Å². The summed E-state index contributed by atoms with van der Waals surface area (Å²) in [4.78, 5) is 0. The summed E-state index contributed by atoms with van der Waals surface area (Å²) in [5.74, 6) is 0. The van der Waals surface area contributed by atoms with E-state index < -0.39 is 0 Å². The molecule has 1 atom stereocenters. The van der Waals surface area contributed by atoms with Crippen LogP contribution < -0.4 is 37.2 Å². The Morgan fingerprint density at radius 1 is 0.769 bits per heavy atom. The normalized spacial score (nSPS) is 17.3. The van der Waals surface area contributed by atoms with Gasteiger partial charge in [-0.05, 0) is 0 Å². The second kappa shape index (κ2) is 10.9. The zero-order valence-corrected chi connectivity index (χ0v) is 22.5. The van der Waals surface area contributed by atoms with Crippen LogP contribution in [0, 0.1) is 13.8 Å². The first-order valence-corrected chi connectivity index (χ1v) is 11.2. The molecule has 2 rings (SSSR count). The van der Waals surface area contributed by atoms with Gasteiger partial charge in [-0.25, -0.2) is 0 Å². The molecule has 0 amide bonds. The maximum absolute atomic E-state index is 2.51. The van der Waals surface area contributed by atoms with Crippen LogP contribution in [0.15, 0.2) is 40.5 Å². The van der Waals surface area contributed by atoms with Crippen molar-refractivity contribution in [3.05, 3.63) is 57.2 Å². The molecule has 0 heterocycles. The zero-order chi connectivity index (χ0) is 17.5. The minimum atomic E-state index is -0.234. The Balaban J connectivity index is 0. The van der Waals surface area contributed by atoms with Crippen molar-refractivity contribution < 1.29 is 57.7 Å². The van der Waals surface area contributed by atoms with Crippen molar-refractivity contribution in [2.24, 2.45) is 0 Å². The molecule has 0 fully saturated rings. The van der Waals surface area contributed by atoms with E-state index in [2.05, 4.69) is 94.0 Å². The Morgan fingerprint density at radius 3 is 1.50 bits per heavy atom. The molecule has 26 heavy (non-hydrogen) atoms. The molecule has 0 aliphatic heterocycles. The first-order chi connectivity index (χ1) is 10.6. The topological polar surface area (TPSA) is 0 Å². The molecule has 144 valence electrons. The number of rotatable bonds is 4. The van der Waals surface area contributed by atoms with Crippen LogP contribution in [-0.4, -0.2) is 9.52 Å². The number of aryl methyl sites for hydroxylation is 2. The molecule has 0 aromatic heterocycles. The fourth-order valence-electron chi connectivity index (χ4n) is 4.20. The van der Waals surface area contributed by atoms with Crippen molar-refractivity contribution >= 4 is 9.52 Å². The first-order valence-electron chi connectivity index (χ1n) is 8.78. The van der Waals surface area contributed by atoms with E-state index in [-0.39, 0.29) is 50.5 Å². The van der Waals surface area contributed by atoms with Crippen LogP contribution in [0.2, 0.25) is 9.26 Å². The molecule has 0 saturated carbocycles. The minimum Gasteiger partial charge on any atom is -1.00 e. The fraction of sp³-hybridized carbons (Fsp3) is 0.524. The maximum Gasteiger partial charge on any atom is -1.00 e. The molecule has 0 bridgehead atoms. The third kappa shape index (κ3) is 5.31. The van der Waals surface area contributed by atoms with E-state index >= 15 is 0 Å². The van der Waals surface area contributed by atoms with Crippen LogP contribution >= 0.6 is 0 Å². The molecule has 1 aromatic carbocycles. The number of allylic oxidation sites excluding steroid dienone is 4. The molecule has 1 aromatic rings. The van der Waals surface area contributed by atoms with Crippen molar-refractivity contribution in [3.63, 3.8) is 0 Å². The molecular weight excluding hydrogens is 435 g/mol. The van der Waals surface area contributed by atoms with E-state index in [0.717, 1.165) is 5.54 Å². The van der Waals surface area contributed by atoms with Crippen LogP contribution in [0.4, 0.5) is 0 Å². The van der Waals surface area contributed by atoms with Crippen molar-refractivity contribution in [3.8, 4) is 0 Å². The molecule has 0 saturated heterocycles. The monoisotopic (exact) mass is 464 g/mol. The van der Waals surface area contributed by atoms with Crippen LogP contribution in [0.1, 0.15) is 63.8 Å². The van der Waals surface area contributed by atoms with Crippen molar-refractivity contribution in [2.75, 3.05) is 0 Å². The van der Waals surface area contributed by atoms with E-state index in [1.165, 1.54) is 22.3 Å². The van der Waals surface area contributed by atoms with Gasteiger partial charge in [-0.2, -0.15) is 0 Å². The van der Waals surface area contributed by atoms with E-state index in [1.54, 1.807) is 16.7 Å². The van der Waals surface area contributed by atoms with E-state index in [1.807, 2.05) is 0 Å². The minimum absolute atomic E-state index is 0. The van der Waals surface area contributed by atoms with E-state index in [4.69, 9.17) is 0 Å². The molecule has 0 radical (unpaired) electrons. The fourth-order valence-corrected chi connectivity index (χ4v) is 8.02. The largest absolute Gasteiger partial charge is 1.00 e. The van der Waals surface area contributed by atoms with Gasteiger partial charge in [-0.1, -0.05) is 0 Å². The van der Waals surface area contributed by atoms with Gasteiger partial charge in [0.15, 0.2) is 0 Å². The number of hydrogen-bond donors (Lipinski definition) is 0. The molecule has 0 N–H and O–H groups in total. The third-order valence-corrected chi connectivity index (χ3v) is 10.6. The number of halogens is 3. The Kier molecular flexibility index (Phi) is 12.0. The second-order valence-electron chi connectivity index (χ2n) is 7.91.